The Hall–Kier alpha value is -2.01. The predicted molar refractivity (Wildman–Crippen MR) is 170 cm³/mol. The summed E-state index contributed by atoms with van der Waals surface area (Å²) < 4.78 is 23.4. The third kappa shape index (κ3) is 9.50. The van der Waals surface area contributed by atoms with E-state index in [2.05, 4.69) is 0 Å². The summed E-state index contributed by atoms with van der Waals surface area (Å²) in [6.07, 6.45) is 4.56. The monoisotopic (exact) mass is 622 g/mol. The zero-order valence-electron chi connectivity index (χ0n) is 28.6. The van der Waals surface area contributed by atoms with Gasteiger partial charge in [-0.3, -0.25) is 0 Å². The highest BCUT2D eigenvalue weighted by Gasteiger charge is 2.51. The molecule has 0 saturated carbocycles. The maximum atomic E-state index is 13.3. The molecular formula is C35H58O9. The summed E-state index contributed by atoms with van der Waals surface area (Å²) in [6.45, 7) is 17.0. The number of methoxy groups -OCH3 is 2. The molecule has 0 bridgehead atoms. The number of carbonyl (C=O) groups excluding carboxylic acids is 1. The lowest BCUT2D eigenvalue weighted by Crippen LogP contribution is -2.59. The van der Waals surface area contributed by atoms with Crippen LogP contribution in [0.15, 0.2) is 47.3 Å². The fraction of sp³-hybridized carbons (Fsp3) is 0.743. The molecule has 2 aliphatic heterocycles. The lowest BCUT2D eigenvalue weighted by atomic mass is 9.76. The maximum absolute atomic E-state index is 13.3. The number of esters is 1. The van der Waals surface area contributed by atoms with Gasteiger partial charge in [-0.15, -0.1) is 0 Å². The molecule has 0 radical (unpaired) electrons. The molecule has 2 aliphatic rings. The van der Waals surface area contributed by atoms with Gasteiger partial charge in [0.1, 0.15) is 18.0 Å². The first-order chi connectivity index (χ1) is 20.5. The van der Waals surface area contributed by atoms with E-state index in [4.69, 9.17) is 18.9 Å². The van der Waals surface area contributed by atoms with Crippen LogP contribution in [0.25, 0.3) is 0 Å². The van der Waals surface area contributed by atoms with Crippen molar-refractivity contribution in [3.05, 3.63) is 47.3 Å². The first kappa shape index (κ1) is 38.2. The molecule has 0 unspecified atom stereocenters. The summed E-state index contributed by atoms with van der Waals surface area (Å²) in [7, 11) is 2.96. The Morgan fingerprint density at radius 1 is 1.05 bits per heavy atom. The van der Waals surface area contributed by atoms with Crippen LogP contribution >= 0.6 is 0 Å². The summed E-state index contributed by atoms with van der Waals surface area (Å²) in [6, 6.07) is 0. The molecule has 0 aliphatic carbocycles. The van der Waals surface area contributed by atoms with E-state index in [1.807, 2.05) is 66.7 Å². The molecule has 2 rings (SSSR count). The van der Waals surface area contributed by atoms with Crippen LogP contribution in [-0.2, 0) is 23.7 Å². The van der Waals surface area contributed by atoms with Crippen molar-refractivity contribution in [2.75, 3.05) is 14.2 Å². The van der Waals surface area contributed by atoms with Crippen molar-refractivity contribution in [3.8, 4) is 0 Å². The number of hydrogen-bond acceptors (Lipinski definition) is 9. The van der Waals surface area contributed by atoms with E-state index in [9.17, 15) is 25.2 Å². The highest BCUT2D eigenvalue weighted by atomic mass is 16.6. The van der Waals surface area contributed by atoms with Crippen LogP contribution in [0.3, 0.4) is 0 Å². The normalized spacial score (nSPS) is 36.9. The quantitative estimate of drug-likeness (QED) is 0.298. The van der Waals surface area contributed by atoms with E-state index in [0.29, 0.717) is 17.8 Å². The molecule has 0 aromatic rings. The van der Waals surface area contributed by atoms with Crippen LogP contribution in [0.5, 0.6) is 0 Å². The van der Waals surface area contributed by atoms with E-state index >= 15 is 0 Å². The molecule has 0 aromatic carbocycles. The van der Waals surface area contributed by atoms with Crippen molar-refractivity contribution in [1.82, 2.24) is 0 Å². The highest BCUT2D eigenvalue weighted by molar-refractivity contribution is 5.83. The largest absolute Gasteiger partial charge is 0.496 e. The molecule has 1 saturated heterocycles. The average molecular weight is 623 g/mol. The molecule has 0 amide bonds. The van der Waals surface area contributed by atoms with Gasteiger partial charge >= 0.3 is 5.97 Å². The van der Waals surface area contributed by atoms with E-state index in [-0.39, 0.29) is 30.1 Å². The zero-order chi connectivity index (χ0) is 33.5. The summed E-state index contributed by atoms with van der Waals surface area (Å²) in [5, 5.41) is 45.0. The molecule has 1 fully saturated rings. The lowest BCUT2D eigenvalue weighted by Gasteiger charge is -2.49. The van der Waals surface area contributed by atoms with Gasteiger partial charge in [-0.1, -0.05) is 78.3 Å². The van der Waals surface area contributed by atoms with Gasteiger partial charge in [0.05, 0.1) is 37.6 Å². The van der Waals surface area contributed by atoms with Gasteiger partial charge in [0.2, 0.25) is 0 Å². The number of aliphatic hydroxyl groups is 4. The number of hydrogen-bond donors (Lipinski definition) is 4. The molecule has 2 heterocycles. The summed E-state index contributed by atoms with van der Waals surface area (Å²) >= 11 is 0. The van der Waals surface area contributed by atoms with Crippen LogP contribution in [0.4, 0.5) is 0 Å². The van der Waals surface area contributed by atoms with Crippen molar-refractivity contribution in [1.29, 1.82) is 0 Å². The van der Waals surface area contributed by atoms with E-state index < -0.39 is 60.2 Å². The van der Waals surface area contributed by atoms with Crippen molar-refractivity contribution in [2.24, 2.45) is 35.5 Å². The fourth-order valence-corrected chi connectivity index (χ4v) is 6.57. The molecule has 0 spiro atoms. The van der Waals surface area contributed by atoms with Crippen LogP contribution in [0.2, 0.25) is 0 Å². The molecule has 9 nitrogen and oxygen atoms in total. The van der Waals surface area contributed by atoms with Crippen LogP contribution in [0, 0.1) is 35.5 Å². The molecule has 12 atom stereocenters. The minimum atomic E-state index is -1.79. The third-order valence-electron chi connectivity index (χ3n) is 9.57. The summed E-state index contributed by atoms with van der Waals surface area (Å²) in [5.74, 6) is -4.11. The first-order valence-electron chi connectivity index (χ1n) is 15.9. The van der Waals surface area contributed by atoms with Gasteiger partial charge in [-0.25, -0.2) is 4.79 Å². The second kappa shape index (κ2) is 16.5. The second-order valence-electron chi connectivity index (χ2n) is 13.5. The summed E-state index contributed by atoms with van der Waals surface area (Å²) in [4.78, 5) is 13.3. The average Bonchev–Trinajstić information content (AvgIpc) is 2.96. The van der Waals surface area contributed by atoms with Gasteiger partial charge in [0.25, 0.3) is 0 Å². The molecular weight excluding hydrogens is 564 g/mol. The number of allylic oxidation sites excluding steroid dienone is 4. The number of carbonyl (C=O) groups is 1. The second-order valence-corrected chi connectivity index (χ2v) is 13.5. The van der Waals surface area contributed by atoms with Gasteiger partial charge in [0.15, 0.2) is 5.79 Å². The van der Waals surface area contributed by atoms with Crippen LogP contribution in [-0.4, -0.2) is 83.0 Å². The molecule has 9 heteroatoms. The highest BCUT2D eigenvalue weighted by Crippen LogP contribution is 2.41. The number of rotatable bonds is 7. The predicted octanol–water partition coefficient (Wildman–Crippen LogP) is 4.69. The SMILES string of the molecule is COC1=CC(=O)O[C@H]([C@@H](C)[C@@H](O)[C@H](C)[C@@]2(O)C[C@@H](O)[C@H](C)[C@@H](C(C)C)O2)[C@@H](OC)C=CC=C(C)C[C@H](C)[C@H](O)[C@H](C)C=C1C. The number of ether oxygens (including phenoxy) is 4. The lowest BCUT2D eigenvalue weighted by molar-refractivity contribution is -0.328. The third-order valence-corrected chi connectivity index (χ3v) is 9.57. The summed E-state index contributed by atoms with van der Waals surface area (Å²) in [5.41, 5.74) is 1.73. The van der Waals surface area contributed by atoms with Gasteiger partial charge in [-0.05, 0) is 37.7 Å². The van der Waals surface area contributed by atoms with E-state index in [1.54, 1.807) is 19.9 Å². The molecule has 44 heavy (non-hydrogen) atoms. The topological polar surface area (TPSA) is 135 Å². The fourth-order valence-electron chi connectivity index (χ4n) is 6.57. The van der Waals surface area contributed by atoms with Crippen LogP contribution < -0.4 is 0 Å². The molecule has 4 N–H and O–H groups in total. The van der Waals surface area contributed by atoms with Crippen molar-refractivity contribution in [3.63, 3.8) is 0 Å². The Kier molecular flexibility index (Phi) is 14.3. The minimum absolute atomic E-state index is 0.0150. The number of cyclic esters (lactones) is 1. The first-order valence-corrected chi connectivity index (χ1v) is 15.9. The Morgan fingerprint density at radius 3 is 2.25 bits per heavy atom. The Morgan fingerprint density at radius 2 is 1.68 bits per heavy atom. The van der Waals surface area contributed by atoms with Crippen molar-refractivity contribution >= 4 is 5.97 Å². The number of aliphatic hydroxyl groups excluding tert-OH is 3. The maximum Gasteiger partial charge on any atom is 0.334 e. The van der Waals surface area contributed by atoms with Crippen molar-refractivity contribution in [2.45, 2.75) is 118 Å². The Labute approximate surface area is 264 Å². The van der Waals surface area contributed by atoms with E-state index in [1.165, 1.54) is 20.3 Å². The van der Waals surface area contributed by atoms with Gasteiger partial charge < -0.3 is 39.4 Å². The zero-order valence-corrected chi connectivity index (χ0v) is 28.6. The van der Waals surface area contributed by atoms with Gasteiger partial charge in [-0.2, -0.15) is 0 Å². The Balaban J connectivity index is 2.51. The molecule has 252 valence electrons. The minimum Gasteiger partial charge on any atom is -0.496 e. The smallest absolute Gasteiger partial charge is 0.334 e. The van der Waals surface area contributed by atoms with Gasteiger partial charge in [0, 0.05) is 37.2 Å². The molecule has 0 aromatic heterocycles. The standard InChI is InChI=1S/C35H58O9/c1-19(2)33-24(7)27(36)18-35(40,44-33)26(9)32(39)25(8)34-28(41-10)14-12-13-20(3)15-22(5)31(38)23(6)16-21(4)29(42-11)17-30(37)43-34/h12-14,16-17,19,22-28,31-34,36,38-40H,15,18H2,1-11H3/t22-,23+,24-,25-,26-,27+,28-,31-,32+,33+,34+,35+/m0/s1. The van der Waals surface area contributed by atoms with Crippen molar-refractivity contribution < 1.29 is 44.2 Å². The van der Waals surface area contributed by atoms with E-state index in [0.717, 1.165) is 5.57 Å². The van der Waals surface area contributed by atoms with Crippen LogP contribution in [0.1, 0.15) is 75.2 Å². The Bertz CT molecular complexity index is 1060.